The van der Waals surface area contributed by atoms with Crippen LogP contribution in [0.1, 0.15) is 18.4 Å². The van der Waals surface area contributed by atoms with E-state index in [9.17, 15) is 9.18 Å². The number of aromatic amines is 1. The zero-order chi connectivity index (χ0) is 16.2. The molecule has 1 atom stereocenters. The number of aromatic nitrogens is 3. The number of hydrogen-bond donors (Lipinski definition) is 1. The largest absolute Gasteiger partial charge is 0.494 e. The Labute approximate surface area is 137 Å². The SMILES string of the molecule is COc1ccc(CSc2n[nH]c(=O)n2C[C@@H]2CCCO2)cc1F. The minimum absolute atomic E-state index is 0.0584. The summed E-state index contributed by atoms with van der Waals surface area (Å²) >= 11 is 1.38. The van der Waals surface area contributed by atoms with Crippen molar-refractivity contribution < 1.29 is 13.9 Å². The minimum atomic E-state index is -0.399. The van der Waals surface area contributed by atoms with Crippen LogP contribution in [0.4, 0.5) is 4.39 Å². The summed E-state index contributed by atoms with van der Waals surface area (Å²) in [6, 6.07) is 4.82. The Morgan fingerprint density at radius 3 is 3.13 bits per heavy atom. The fourth-order valence-electron chi connectivity index (χ4n) is 2.51. The number of nitrogens with one attached hydrogen (secondary N) is 1. The molecule has 0 amide bonds. The summed E-state index contributed by atoms with van der Waals surface area (Å²) in [4.78, 5) is 11.9. The van der Waals surface area contributed by atoms with Gasteiger partial charge in [-0.05, 0) is 30.5 Å². The molecule has 1 aromatic carbocycles. The number of hydrogen-bond acceptors (Lipinski definition) is 5. The monoisotopic (exact) mass is 339 g/mol. The van der Waals surface area contributed by atoms with E-state index in [0.717, 1.165) is 25.0 Å². The molecule has 1 N–H and O–H groups in total. The van der Waals surface area contributed by atoms with Crippen LogP contribution in [0.3, 0.4) is 0 Å². The molecule has 3 rings (SSSR count). The van der Waals surface area contributed by atoms with Crippen molar-refractivity contribution in [3.05, 3.63) is 40.1 Å². The Kier molecular flexibility index (Phi) is 5.02. The molecule has 1 saturated heterocycles. The maximum Gasteiger partial charge on any atom is 0.344 e. The minimum Gasteiger partial charge on any atom is -0.494 e. The van der Waals surface area contributed by atoms with E-state index in [1.165, 1.54) is 24.9 Å². The lowest BCUT2D eigenvalue weighted by Crippen LogP contribution is -2.24. The van der Waals surface area contributed by atoms with Crippen molar-refractivity contribution in [2.45, 2.75) is 36.4 Å². The Hall–Kier alpha value is -1.80. The van der Waals surface area contributed by atoms with E-state index in [0.29, 0.717) is 17.5 Å². The Morgan fingerprint density at radius 1 is 1.57 bits per heavy atom. The fourth-order valence-corrected chi connectivity index (χ4v) is 3.41. The van der Waals surface area contributed by atoms with Gasteiger partial charge in [0.15, 0.2) is 16.7 Å². The summed E-state index contributed by atoms with van der Waals surface area (Å²) in [5.41, 5.74) is 0.552. The van der Waals surface area contributed by atoms with Crippen molar-refractivity contribution in [2.75, 3.05) is 13.7 Å². The number of thioether (sulfide) groups is 1. The van der Waals surface area contributed by atoms with Gasteiger partial charge in [-0.2, -0.15) is 0 Å². The smallest absolute Gasteiger partial charge is 0.344 e. The summed E-state index contributed by atoms with van der Waals surface area (Å²) in [5, 5.41) is 7.09. The first-order valence-electron chi connectivity index (χ1n) is 7.39. The standard InChI is InChI=1S/C15H18FN3O3S/c1-21-13-5-4-10(7-12(13)16)9-23-15-18-17-14(20)19(15)8-11-3-2-6-22-11/h4-5,7,11H,2-3,6,8-9H2,1H3,(H,17,20)/t11-/m0/s1. The summed E-state index contributed by atoms with van der Waals surface area (Å²) in [6.45, 7) is 1.24. The maximum atomic E-state index is 13.7. The number of halogens is 1. The highest BCUT2D eigenvalue weighted by Gasteiger charge is 2.19. The van der Waals surface area contributed by atoms with Gasteiger partial charge in [-0.3, -0.25) is 4.57 Å². The number of H-pyrrole nitrogens is 1. The molecule has 124 valence electrons. The zero-order valence-corrected chi connectivity index (χ0v) is 13.6. The van der Waals surface area contributed by atoms with Crippen molar-refractivity contribution in [1.29, 1.82) is 0 Å². The molecular formula is C15H18FN3O3S. The van der Waals surface area contributed by atoms with Gasteiger partial charge in [-0.1, -0.05) is 17.8 Å². The van der Waals surface area contributed by atoms with E-state index in [1.54, 1.807) is 16.7 Å². The van der Waals surface area contributed by atoms with Gasteiger partial charge >= 0.3 is 5.69 Å². The number of benzene rings is 1. The lowest BCUT2D eigenvalue weighted by Gasteiger charge is -2.11. The van der Waals surface area contributed by atoms with Crippen LogP contribution in [0.5, 0.6) is 5.75 Å². The highest BCUT2D eigenvalue weighted by atomic mass is 32.2. The van der Waals surface area contributed by atoms with Crippen LogP contribution in [0.15, 0.2) is 28.2 Å². The molecule has 2 aromatic rings. The Bertz CT molecular complexity index is 725. The molecule has 1 aromatic heterocycles. The fraction of sp³-hybridized carbons (Fsp3) is 0.467. The molecule has 0 bridgehead atoms. The molecule has 8 heteroatoms. The van der Waals surface area contributed by atoms with Crippen molar-refractivity contribution in [3.63, 3.8) is 0 Å². The Balaban J connectivity index is 1.68. The number of ether oxygens (including phenoxy) is 2. The summed E-state index contributed by atoms with van der Waals surface area (Å²) < 4.78 is 25.8. The predicted molar refractivity (Wildman–Crippen MR) is 84.3 cm³/mol. The van der Waals surface area contributed by atoms with Gasteiger partial charge in [0.2, 0.25) is 0 Å². The molecule has 0 spiro atoms. The molecule has 0 unspecified atom stereocenters. The second-order valence-corrected chi connectivity index (χ2v) is 6.26. The van der Waals surface area contributed by atoms with Crippen LogP contribution < -0.4 is 10.4 Å². The molecule has 1 fully saturated rings. The van der Waals surface area contributed by atoms with E-state index in [1.807, 2.05) is 0 Å². The van der Waals surface area contributed by atoms with E-state index in [-0.39, 0.29) is 17.5 Å². The van der Waals surface area contributed by atoms with Gasteiger partial charge in [0, 0.05) is 12.4 Å². The second kappa shape index (κ2) is 7.18. The third-order valence-electron chi connectivity index (χ3n) is 3.72. The van der Waals surface area contributed by atoms with Crippen LogP contribution in [0.2, 0.25) is 0 Å². The third kappa shape index (κ3) is 3.76. The first-order chi connectivity index (χ1) is 11.2. The predicted octanol–water partition coefficient (Wildman–Crippen LogP) is 2.19. The normalized spacial score (nSPS) is 17.6. The Morgan fingerprint density at radius 2 is 2.43 bits per heavy atom. The molecule has 0 radical (unpaired) electrons. The topological polar surface area (TPSA) is 69.1 Å². The summed E-state index contributed by atoms with van der Waals surface area (Å²) in [6.07, 6.45) is 2.03. The van der Waals surface area contributed by atoms with Crippen LogP contribution in [0.25, 0.3) is 0 Å². The summed E-state index contributed by atoms with van der Waals surface area (Å²) in [5.74, 6) is 0.328. The molecule has 1 aliphatic heterocycles. The third-order valence-corrected chi connectivity index (χ3v) is 4.77. The van der Waals surface area contributed by atoms with E-state index in [4.69, 9.17) is 9.47 Å². The van der Waals surface area contributed by atoms with Crippen LogP contribution >= 0.6 is 11.8 Å². The van der Waals surface area contributed by atoms with Crippen LogP contribution in [0, 0.1) is 5.82 Å². The van der Waals surface area contributed by atoms with Gasteiger partial charge in [0.05, 0.1) is 19.8 Å². The molecule has 1 aliphatic rings. The van der Waals surface area contributed by atoms with Crippen LogP contribution in [-0.2, 0) is 17.0 Å². The van der Waals surface area contributed by atoms with E-state index in [2.05, 4.69) is 10.2 Å². The van der Waals surface area contributed by atoms with Gasteiger partial charge < -0.3 is 9.47 Å². The first-order valence-corrected chi connectivity index (χ1v) is 8.38. The average molecular weight is 339 g/mol. The van der Waals surface area contributed by atoms with E-state index >= 15 is 0 Å². The maximum absolute atomic E-state index is 13.7. The average Bonchev–Trinajstić information content (AvgIpc) is 3.17. The number of nitrogens with zero attached hydrogens (tertiary/aromatic N) is 2. The van der Waals surface area contributed by atoms with Crippen molar-refractivity contribution in [1.82, 2.24) is 14.8 Å². The quantitative estimate of drug-likeness (QED) is 0.817. The molecule has 0 aliphatic carbocycles. The molecule has 6 nitrogen and oxygen atoms in total. The van der Waals surface area contributed by atoms with Gasteiger partial charge in [-0.25, -0.2) is 14.3 Å². The zero-order valence-electron chi connectivity index (χ0n) is 12.8. The van der Waals surface area contributed by atoms with Gasteiger partial charge in [0.1, 0.15) is 0 Å². The summed E-state index contributed by atoms with van der Waals surface area (Å²) in [7, 11) is 1.43. The lowest BCUT2D eigenvalue weighted by atomic mass is 10.2. The highest BCUT2D eigenvalue weighted by Crippen LogP contribution is 2.24. The number of rotatable bonds is 6. The lowest BCUT2D eigenvalue weighted by molar-refractivity contribution is 0.0941. The molecule has 2 heterocycles. The molecule has 0 saturated carbocycles. The van der Waals surface area contributed by atoms with Gasteiger partial charge in [-0.15, -0.1) is 5.10 Å². The number of methoxy groups -OCH3 is 1. The molecular weight excluding hydrogens is 321 g/mol. The van der Waals surface area contributed by atoms with Crippen molar-refractivity contribution >= 4 is 11.8 Å². The second-order valence-electron chi connectivity index (χ2n) is 5.31. The first kappa shape index (κ1) is 16.1. The van der Waals surface area contributed by atoms with E-state index < -0.39 is 5.82 Å². The van der Waals surface area contributed by atoms with Crippen molar-refractivity contribution in [2.24, 2.45) is 0 Å². The highest BCUT2D eigenvalue weighted by molar-refractivity contribution is 7.98. The van der Waals surface area contributed by atoms with Crippen molar-refractivity contribution in [3.8, 4) is 5.75 Å². The van der Waals surface area contributed by atoms with Crippen LogP contribution in [-0.4, -0.2) is 34.6 Å². The van der Waals surface area contributed by atoms with Gasteiger partial charge in [0.25, 0.3) is 0 Å². The molecule has 23 heavy (non-hydrogen) atoms.